The van der Waals surface area contributed by atoms with Crippen LogP contribution in [0.25, 0.3) is 0 Å². The van der Waals surface area contributed by atoms with Gasteiger partial charge in [-0.25, -0.2) is 0 Å². The van der Waals surface area contributed by atoms with Gasteiger partial charge in [0.05, 0.1) is 11.8 Å². The van der Waals surface area contributed by atoms with Crippen LogP contribution in [0.15, 0.2) is 12.4 Å². The van der Waals surface area contributed by atoms with Crippen LogP contribution in [0.5, 0.6) is 0 Å². The number of aryl methyl sites for hydroxylation is 1. The molecule has 0 radical (unpaired) electrons. The second-order valence-electron chi connectivity index (χ2n) is 4.96. The minimum atomic E-state index is -4.38. The zero-order valence-electron chi connectivity index (χ0n) is 11.7. The fraction of sp³-hybridized carbons (Fsp3) is 0.667. The molecule has 1 saturated heterocycles. The Bertz CT molecular complexity index is 481. The van der Waals surface area contributed by atoms with Gasteiger partial charge in [0.25, 0.3) is 5.91 Å². The van der Waals surface area contributed by atoms with E-state index in [0.717, 1.165) is 0 Å². The molecule has 1 amide bonds. The number of hydrogen-bond donors (Lipinski definition) is 2. The number of piperazine rings is 1. The lowest BCUT2D eigenvalue weighted by Gasteiger charge is -2.35. The Labute approximate surface area is 120 Å². The van der Waals surface area contributed by atoms with E-state index in [0.29, 0.717) is 26.2 Å². The number of carbonyl (C=O) groups is 1. The summed E-state index contributed by atoms with van der Waals surface area (Å²) in [6, 6.07) is -1.67. The van der Waals surface area contributed by atoms with Crippen molar-refractivity contribution in [1.29, 1.82) is 0 Å². The average molecular weight is 305 g/mol. The first-order valence-electron chi connectivity index (χ1n) is 6.66. The summed E-state index contributed by atoms with van der Waals surface area (Å²) < 4.78 is 40.8. The molecule has 21 heavy (non-hydrogen) atoms. The van der Waals surface area contributed by atoms with E-state index in [9.17, 15) is 18.0 Å². The van der Waals surface area contributed by atoms with Gasteiger partial charge < -0.3 is 10.6 Å². The number of halogens is 3. The van der Waals surface area contributed by atoms with E-state index in [4.69, 9.17) is 0 Å². The van der Waals surface area contributed by atoms with E-state index in [1.165, 1.54) is 22.0 Å². The predicted molar refractivity (Wildman–Crippen MR) is 69.8 cm³/mol. The highest BCUT2D eigenvalue weighted by Crippen LogP contribution is 2.24. The lowest BCUT2D eigenvalue weighted by molar-refractivity contribution is -0.183. The van der Waals surface area contributed by atoms with Crippen LogP contribution in [-0.4, -0.2) is 65.5 Å². The molecule has 1 fully saturated rings. The molecular weight excluding hydrogens is 287 g/mol. The highest BCUT2D eigenvalue weighted by atomic mass is 19.4. The summed E-state index contributed by atoms with van der Waals surface area (Å²) in [7, 11) is 1.63. The molecule has 1 aromatic heterocycles. The second-order valence-corrected chi connectivity index (χ2v) is 4.96. The molecule has 1 aliphatic heterocycles. The Morgan fingerprint density at radius 3 is 2.67 bits per heavy atom. The summed E-state index contributed by atoms with van der Waals surface area (Å²) in [5.41, 5.74) is 0.249. The average Bonchev–Trinajstić information content (AvgIpc) is 2.85. The largest absolute Gasteiger partial charge is 0.405 e. The van der Waals surface area contributed by atoms with Gasteiger partial charge in [-0.05, 0) is 0 Å². The Hall–Kier alpha value is -1.61. The molecule has 1 aliphatic rings. The van der Waals surface area contributed by atoms with Crippen LogP contribution in [0, 0.1) is 0 Å². The molecule has 1 unspecified atom stereocenters. The third-order valence-corrected chi connectivity index (χ3v) is 3.39. The Kier molecular flexibility index (Phi) is 4.84. The lowest BCUT2D eigenvalue weighted by atomic mass is 10.2. The Morgan fingerprint density at radius 1 is 1.48 bits per heavy atom. The highest BCUT2D eigenvalue weighted by molar-refractivity contribution is 5.93. The Morgan fingerprint density at radius 2 is 2.14 bits per heavy atom. The molecule has 0 aromatic carbocycles. The van der Waals surface area contributed by atoms with Gasteiger partial charge in [0.15, 0.2) is 0 Å². The minimum Gasteiger partial charge on any atom is -0.350 e. The van der Waals surface area contributed by atoms with Crippen LogP contribution in [0.3, 0.4) is 0 Å². The van der Waals surface area contributed by atoms with Crippen LogP contribution in [0.2, 0.25) is 0 Å². The number of nitrogens with zero attached hydrogens (tertiary/aromatic N) is 3. The predicted octanol–water partition coefficient (Wildman–Crippen LogP) is -0.0140. The van der Waals surface area contributed by atoms with E-state index in [1.807, 2.05) is 0 Å². The first-order valence-corrected chi connectivity index (χ1v) is 6.66. The third kappa shape index (κ3) is 4.18. The fourth-order valence-electron chi connectivity index (χ4n) is 2.28. The summed E-state index contributed by atoms with van der Waals surface area (Å²) >= 11 is 0. The molecule has 1 aromatic rings. The maximum absolute atomic E-state index is 13.1. The maximum Gasteiger partial charge on any atom is 0.405 e. The van der Waals surface area contributed by atoms with Crippen LogP contribution >= 0.6 is 0 Å². The molecule has 118 valence electrons. The second kappa shape index (κ2) is 6.44. The van der Waals surface area contributed by atoms with Crippen molar-refractivity contribution in [2.75, 3.05) is 32.7 Å². The number of rotatable bonds is 4. The first-order chi connectivity index (χ1) is 9.88. The summed E-state index contributed by atoms with van der Waals surface area (Å²) in [6.07, 6.45) is -1.59. The molecule has 1 atom stereocenters. The SMILES string of the molecule is Cn1cc(C(=O)NCC(N2CCNCC2)C(F)(F)F)cn1. The number of alkyl halides is 3. The molecular formula is C12H18F3N5O. The lowest BCUT2D eigenvalue weighted by Crippen LogP contribution is -2.57. The van der Waals surface area contributed by atoms with Gasteiger partial charge in [-0.1, -0.05) is 0 Å². The van der Waals surface area contributed by atoms with Crippen molar-refractivity contribution in [3.05, 3.63) is 18.0 Å². The molecule has 0 aliphatic carbocycles. The van der Waals surface area contributed by atoms with Crippen molar-refractivity contribution >= 4 is 5.91 Å². The van der Waals surface area contributed by atoms with Gasteiger partial charge in [0, 0.05) is 46.0 Å². The molecule has 2 N–H and O–H groups in total. The van der Waals surface area contributed by atoms with Crippen molar-refractivity contribution in [2.24, 2.45) is 7.05 Å². The summed E-state index contributed by atoms with van der Waals surface area (Å²) in [6.45, 7) is 1.20. The fourth-order valence-corrected chi connectivity index (χ4v) is 2.28. The van der Waals surface area contributed by atoms with Crippen LogP contribution < -0.4 is 10.6 Å². The molecule has 0 bridgehead atoms. The van der Waals surface area contributed by atoms with Crippen LogP contribution in [-0.2, 0) is 7.05 Å². The standard InChI is InChI=1S/C12H18F3N5O/c1-19-8-9(6-18-19)11(21)17-7-10(12(13,14)15)20-4-2-16-3-5-20/h6,8,10,16H,2-5,7H2,1H3,(H,17,21). The first kappa shape index (κ1) is 15.8. The van der Waals surface area contributed by atoms with Crippen molar-refractivity contribution in [1.82, 2.24) is 25.3 Å². The van der Waals surface area contributed by atoms with Crippen molar-refractivity contribution in [3.8, 4) is 0 Å². The molecule has 6 nitrogen and oxygen atoms in total. The topological polar surface area (TPSA) is 62.2 Å². The van der Waals surface area contributed by atoms with Crippen molar-refractivity contribution in [3.63, 3.8) is 0 Å². The monoisotopic (exact) mass is 305 g/mol. The van der Waals surface area contributed by atoms with Gasteiger partial charge in [-0.2, -0.15) is 18.3 Å². The molecule has 0 spiro atoms. The third-order valence-electron chi connectivity index (χ3n) is 3.39. The Balaban J connectivity index is 1.97. The quantitative estimate of drug-likeness (QED) is 0.821. The van der Waals surface area contributed by atoms with Crippen LogP contribution in [0.4, 0.5) is 13.2 Å². The molecule has 9 heteroatoms. The number of hydrogen-bond acceptors (Lipinski definition) is 4. The molecule has 0 saturated carbocycles. The number of carbonyl (C=O) groups excluding carboxylic acids is 1. The summed E-state index contributed by atoms with van der Waals surface area (Å²) in [5, 5.41) is 9.17. The van der Waals surface area contributed by atoms with Gasteiger partial charge in [-0.15, -0.1) is 0 Å². The zero-order chi connectivity index (χ0) is 15.5. The number of aromatic nitrogens is 2. The van der Waals surface area contributed by atoms with E-state index >= 15 is 0 Å². The maximum atomic E-state index is 13.1. The van der Waals surface area contributed by atoms with Gasteiger partial charge in [0.2, 0.25) is 0 Å². The van der Waals surface area contributed by atoms with Gasteiger partial charge in [-0.3, -0.25) is 14.4 Å². The van der Waals surface area contributed by atoms with Crippen LogP contribution in [0.1, 0.15) is 10.4 Å². The summed E-state index contributed by atoms with van der Waals surface area (Å²) in [4.78, 5) is 13.2. The smallest absolute Gasteiger partial charge is 0.350 e. The highest BCUT2D eigenvalue weighted by Gasteiger charge is 2.43. The number of nitrogens with one attached hydrogen (secondary N) is 2. The zero-order valence-corrected chi connectivity index (χ0v) is 11.7. The van der Waals surface area contributed by atoms with Crippen molar-refractivity contribution in [2.45, 2.75) is 12.2 Å². The van der Waals surface area contributed by atoms with E-state index in [1.54, 1.807) is 7.05 Å². The van der Waals surface area contributed by atoms with E-state index in [2.05, 4.69) is 15.7 Å². The summed E-state index contributed by atoms with van der Waals surface area (Å²) in [5.74, 6) is -0.549. The van der Waals surface area contributed by atoms with Crippen molar-refractivity contribution < 1.29 is 18.0 Å². The van der Waals surface area contributed by atoms with E-state index < -0.39 is 24.7 Å². The van der Waals surface area contributed by atoms with E-state index in [-0.39, 0.29) is 5.56 Å². The minimum absolute atomic E-state index is 0.249. The molecule has 2 rings (SSSR count). The van der Waals surface area contributed by atoms with Gasteiger partial charge in [0.1, 0.15) is 6.04 Å². The number of amides is 1. The van der Waals surface area contributed by atoms with Gasteiger partial charge >= 0.3 is 6.18 Å². The molecule has 2 heterocycles. The normalized spacial score (nSPS) is 18.5.